The van der Waals surface area contributed by atoms with Crippen LogP contribution in [-0.4, -0.2) is 0 Å². The molecule has 3 heteroatoms. The predicted molar refractivity (Wildman–Crippen MR) is 94.6 cm³/mol. The molecule has 0 amide bonds. The van der Waals surface area contributed by atoms with Crippen molar-refractivity contribution in [2.45, 2.75) is 34.6 Å². The summed E-state index contributed by atoms with van der Waals surface area (Å²) in [6.45, 7) is 11.1. The molecule has 0 aliphatic rings. The molecule has 3 aromatic rings. The summed E-state index contributed by atoms with van der Waals surface area (Å²) < 4.78 is 0. The van der Waals surface area contributed by atoms with E-state index in [-0.39, 0.29) is 0 Å². The van der Waals surface area contributed by atoms with Crippen LogP contribution in [0.3, 0.4) is 0 Å². The van der Waals surface area contributed by atoms with E-state index in [0.717, 1.165) is 0 Å². The van der Waals surface area contributed by atoms with E-state index in [9.17, 15) is 0 Å². The number of thiophene rings is 3. The van der Waals surface area contributed by atoms with Crippen molar-refractivity contribution in [3.63, 3.8) is 0 Å². The Morgan fingerprint density at radius 1 is 0.650 bits per heavy atom. The molecule has 0 aromatic carbocycles. The number of hydrogen-bond donors (Lipinski definition) is 0. The Balaban J connectivity index is 2.03. The van der Waals surface area contributed by atoms with Gasteiger partial charge < -0.3 is 0 Å². The molecular formula is C17H18S3. The molecule has 0 nitrogen and oxygen atoms in total. The van der Waals surface area contributed by atoms with Gasteiger partial charge in [-0.3, -0.25) is 0 Å². The van der Waals surface area contributed by atoms with Gasteiger partial charge in [0.25, 0.3) is 0 Å². The quantitative estimate of drug-likeness (QED) is 0.490. The van der Waals surface area contributed by atoms with E-state index in [4.69, 9.17) is 0 Å². The molecule has 3 rings (SSSR count). The molecule has 3 aromatic heterocycles. The van der Waals surface area contributed by atoms with Gasteiger partial charge in [-0.2, -0.15) is 0 Å². The zero-order chi connectivity index (χ0) is 14.4. The van der Waals surface area contributed by atoms with Gasteiger partial charge in [0.15, 0.2) is 0 Å². The lowest BCUT2D eigenvalue weighted by atomic mass is 10.1. The smallest absolute Gasteiger partial charge is 0.0477 e. The lowest BCUT2D eigenvalue weighted by molar-refractivity contribution is 1.35. The molecule has 0 atom stereocenters. The maximum Gasteiger partial charge on any atom is 0.0477 e. The summed E-state index contributed by atoms with van der Waals surface area (Å²) in [6.07, 6.45) is 0. The molecule has 0 saturated heterocycles. The third-order valence-corrected chi connectivity index (χ3v) is 7.85. The van der Waals surface area contributed by atoms with Crippen LogP contribution in [0, 0.1) is 34.6 Å². The van der Waals surface area contributed by atoms with Gasteiger partial charge in [-0.1, -0.05) is 0 Å². The van der Waals surface area contributed by atoms with E-state index in [1.807, 2.05) is 34.0 Å². The largest absolute Gasteiger partial charge is 0.139 e. The second kappa shape index (κ2) is 5.14. The maximum absolute atomic E-state index is 2.31. The van der Waals surface area contributed by atoms with E-state index in [2.05, 4.69) is 52.8 Å². The molecule has 20 heavy (non-hydrogen) atoms. The second-order valence-electron chi connectivity index (χ2n) is 5.25. The highest BCUT2D eigenvalue weighted by atomic mass is 32.1. The molecule has 0 bridgehead atoms. The Hall–Kier alpha value is -0.900. The summed E-state index contributed by atoms with van der Waals surface area (Å²) in [6, 6.07) is 6.87. The molecular weight excluding hydrogens is 300 g/mol. The fraction of sp³-hybridized carbons (Fsp3) is 0.294. The van der Waals surface area contributed by atoms with Crippen LogP contribution in [0.5, 0.6) is 0 Å². The third-order valence-electron chi connectivity index (χ3n) is 3.92. The van der Waals surface area contributed by atoms with Crippen LogP contribution >= 0.6 is 34.0 Å². The van der Waals surface area contributed by atoms with Gasteiger partial charge in [0.2, 0.25) is 0 Å². The van der Waals surface area contributed by atoms with E-state index < -0.39 is 0 Å². The molecule has 0 N–H and O–H groups in total. The zero-order valence-electron chi connectivity index (χ0n) is 12.5. The Morgan fingerprint density at radius 3 is 1.90 bits per heavy atom. The molecule has 0 spiro atoms. The maximum atomic E-state index is 2.31. The van der Waals surface area contributed by atoms with Gasteiger partial charge in [-0.05, 0) is 69.5 Å². The van der Waals surface area contributed by atoms with Crippen LogP contribution in [0.4, 0.5) is 0 Å². The number of aryl methyl sites for hydroxylation is 3. The fourth-order valence-electron chi connectivity index (χ4n) is 2.26. The van der Waals surface area contributed by atoms with Crippen LogP contribution < -0.4 is 0 Å². The minimum Gasteiger partial charge on any atom is -0.139 e. The Labute approximate surface area is 132 Å². The SMILES string of the molecule is Cc1cc(-c2ccc(-c3sc(C)c(C)c3C)s2)sc1C. The summed E-state index contributed by atoms with van der Waals surface area (Å²) in [4.78, 5) is 8.51. The summed E-state index contributed by atoms with van der Waals surface area (Å²) in [5.41, 5.74) is 4.29. The average Bonchev–Trinajstić information content (AvgIpc) is 3.07. The van der Waals surface area contributed by atoms with Crippen LogP contribution in [0.1, 0.15) is 26.4 Å². The molecule has 3 heterocycles. The first kappa shape index (κ1) is 14.1. The van der Waals surface area contributed by atoms with Gasteiger partial charge in [0.1, 0.15) is 0 Å². The third kappa shape index (κ3) is 2.28. The normalized spacial score (nSPS) is 11.2. The molecule has 0 aliphatic heterocycles. The van der Waals surface area contributed by atoms with E-state index in [1.54, 1.807) is 0 Å². The van der Waals surface area contributed by atoms with E-state index in [0.29, 0.717) is 0 Å². The molecule has 0 unspecified atom stereocenters. The highest BCUT2D eigenvalue weighted by Crippen LogP contribution is 2.43. The first-order chi connectivity index (χ1) is 9.47. The monoisotopic (exact) mass is 318 g/mol. The zero-order valence-corrected chi connectivity index (χ0v) is 14.9. The molecule has 0 aliphatic carbocycles. The molecule has 0 saturated carbocycles. The fourth-order valence-corrected chi connectivity index (χ4v) is 5.72. The second-order valence-corrected chi connectivity index (χ2v) is 8.82. The van der Waals surface area contributed by atoms with Crippen molar-refractivity contribution in [3.05, 3.63) is 44.6 Å². The van der Waals surface area contributed by atoms with E-state index >= 15 is 0 Å². The van der Waals surface area contributed by atoms with Gasteiger partial charge in [-0.15, -0.1) is 34.0 Å². The van der Waals surface area contributed by atoms with Crippen molar-refractivity contribution >= 4 is 34.0 Å². The standard InChI is InChI=1S/C17H18S3/c1-9-8-16(18-12(9)4)14-6-7-15(20-14)17-11(3)10(2)13(5)19-17/h6-8H,1-5H3. The number of rotatable bonds is 2. The first-order valence-electron chi connectivity index (χ1n) is 6.71. The summed E-state index contributed by atoms with van der Waals surface area (Å²) in [7, 11) is 0. The Bertz CT molecular complexity index is 749. The van der Waals surface area contributed by atoms with E-state index in [1.165, 1.54) is 46.0 Å². The Morgan fingerprint density at radius 2 is 1.35 bits per heavy atom. The summed E-state index contributed by atoms with van der Waals surface area (Å²) >= 11 is 5.75. The molecule has 104 valence electrons. The van der Waals surface area contributed by atoms with Gasteiger partial charge in [-0.25, -0.2) is 0 Å². The molecule has 0 fully saturated rings. The number of hydrogen-bond acceptors (Lipinski definition) is 3. The van der Waals surface area contributed by atoms with Crippen molar-refractivity contribution < 1.29 is 0 Å². The average molecular weight is 319 g/mol. The molecule has 0 radical (unpaired) electrons. The topological polar surface area (TPSA) is 0 Å². The first-order valence-corrected chi connectivity index (χ1v) is 9.16. The lowest BCUT2D eigenvalue weighted by Crippen LogP contribution is -1.75. The highest BCUT2D eigenvalue weighted by molar-refractivity contribution is 7.26. The summed E-state index contributed by atoms with van der Waals surface area (Å²) in [5.74, 6) is 0. The highest BCUT2D eigenvalue weighted by Gasteiger charge is 2.14. The van der Waals surface area contributed by atoms with Crippen LogP contribution in [-0.2, 0) is 0 Å². The van der Waals surface area contributed by atoms with Crippen molar-refractivity contribution in [3.8, 4) is 19.5 Å². The van der Waals surface area contributed by atoms with Gasteiger partial charge in [0.05, 0.1) is 0 Å². The predicted octanol–water partition coefficient (Wildman–Crippen LogP) is 6.75. The van der Waals surface area contributed by atoms with Crippen LogP contribution in [0.25, 0.3) is 19.5 Å². The summed E-state index contributed by atoms with van der Waals surface area (Å²) in [5, 5.41) is 0. The van der Waals surface area contributed by atoms with Crippen LogP contribution in [0.2, 0.25) is 0 Å². The van der Waals surface area contributed by atoms with Crippen molar-refractivity contribution in [2.24, 2.45) is 0 Å². The minimum absolute atomic E-state index is 1.39. The van der Waals surface area contributed by atoms with Crippen molar-refractivity contribution in [2.75, 3.05) is 0 Å². The Kier molecular flexibility index (Phi) is 3.61. The van der Waals surface area contributed by atoms with Crippen LogP contribution in [0.15, 0.2) is 18.2 Å². The van der Waals surface area contributed by atoms with Crippen molar-refractivity contribution in [1.82, 2.24) is 0 Å². The lowest BCUT2D eigenvalue weighted by Gasteiger charge is -1.95. The van der Waals surface area contributed by atoms with Gasteiger partial charge in [0, 0.05) is 29.3 Å². The van der Waals surface area contributed by atoms with Gasteiger partial charge >= 0.3 is 0 Å². The minimum atomic E-state index is 1.39. The van der Waals surface area contributed by atoms with Crippen molar-refractivity contribution in [1.29, 1.82) is 0 Å².